The van der Waals surface area contributed by atoms with Gasteiger partial charge in [0.2, 0.25) is 0 Å². The Bertz CT molecular complexity index is 672. The molecule has 0 saturated carbocycles. The molecule has 4 heteroatoms. The normalized spacial score (nSPS) is 10.2. The lowest BCUT2D eigenvalue weighted by Gasteiger charge is -2.10. The molecule has 2 N–H and O–H groups in total. The molecule has 0 unspecified atom stereocenters. The van der Waals surface area contributed by atoms with Gasteiger partial charge in [-0.1, -0.05) is 35.4 Å². The highest BCUT2D eigenvalue weighted by molar-refractivity contribution is 6.05. The number of amides is 1. The first kappa shape index (κ1) is 14.8. The predicted octanol–water partition coefficient (Wildman–Crippen LogP) is 3.18. The van der Waals surface area contributed by atoms with E-state index in [4.69, 9.17) is 5.11 Å². The SMILES string of the molecule is Cc1cc(C)cc(C(=O)Nc2ccccc2CC(=O)O)c1. The molecule has 4 nitrogen and oxygen atoms in total. The van der Waals surface area contributed by atoms with Crippen LogP contribution >= 0.6 is 0 Å². The Morgan fingerprint density at radius 3 is 2.29 bits per heavy atom. The lowest BCUT2D eigenvalue weighted by atomic mass is 10.1. The van der Waals surface area contributed by atoms with Gasteiger partial charge in [-0.15, -0.1) is 0 Å². The van der Waals surface area contributed by atoms with Crippen LogP contribution in [0.1, 0.15) is 27.0 Å². The van der Waals surface area contributed by atoms with E-state index in [1.54, 1.807) is 24.3 Å². The lowest BCUT2D eigenvalue weighted by molar-refractivity contribution is -0.136. The van der Waals surface area contributed by atoms with Crippen molar-refractivity contribution in [1.29, 1.82) is 0 Å². The summed E-state index contributed by atoms with van der Waals surface area (Å²) in [6.07, 6.45) is -0.122. The number of hydrogen-bond donors (Lipinski definition) is 2. The van der Waals surface area contributed by atoms with Crippen LogP contribution in [-0.4, -0.2) is 17.0 Å². The zero-order chi connectivity index (χ0) is 15.4. The third-order valence-electron chi connectivity index (χ3n) is 3.09. The van der Waals surface area contributed by atoms with Gasteiger partial charge in [0.25, 0.3) is 5.91 Å². The molecule has 0 aliphatic heterocycles. The zero-order valence-corrected chi connectivity index (χ0v) is 12.0. The van der Waals surface area contributed by atoms with E-state index in [1.807, 2.05) is 32.0 Å². The van der Waals surface area contributed by atoms with Gasteiger partial charge in [0.15, 0.2) is 0 Å². The standard InChI is InChI=1S/C17H17NO3/c1-11-7-12(2)9-14(8-11)17(21)18-15-6-4-3-5-13(15)10-16(19)20/h3-9H,10H2,1-2H3,(H,18,21)(H,19,20). The molecule has 21 heavy (non-hydrogen) atoms. The van der Waals surface area contributed by atoms with Gasteiger partial charge in [-0.05, 0) is 37.6 Å². The summed E-state index contributed by atoms with van der Waals surface area (Å²) in [6.45, 7) is 3.87. The van der Waals surface area contributed by atoms with Crippen LogP contribution in [0.3, 0.4) is 0 Å². The van der Waals surface area contributed by atoms with Gasteiger partial charge >= 0.3 is 5.97 Å². The minimum Gasteiger partial charge on any atom is -0.481 e. The van der Waals surface area contributed by atoms with Gasteiger partial charge < -0.3 is 10.4 Å². The fourth-order valence-corrected chi connectivity index (χ4v) is 2.26. The second kappa shape index (κ2) is 6.22. The molecule has 0 atom stereocenters. The van der Waals surface area contributed by atoms with Crippen LogP contribution in [0.4, 0.5) is 5.69 Å². The maximum absolute atomic E-state index is 12.3. The number of para-hydroxylation sites is 1. The molecule has 1 amide bonds. The van der Waals surface area contributed by atoms with Crippen molar-refractivity contribution in [3.8, 4) is 0 Å². The van der Waals surface area contributed by atoms with Crippen molar-refractivity contribution < 1.29 is 14.7 Å². The molecule has 2 rings (SSSR count). The molecule has 0 bridgehead atoms. The monoisotopic (exact) mass is 283 g/mol. The number of anilines is 1. The summed E-state index contributed by atoms with van der Waals surface area (Å²) in [4.78, 5) is 23.2. The minimum absolute atomic E-state index is 0.122. The number of aryl methyl sites for hydroxylation is 2. The van der Waals surface area contributed by atoms with Crippen LogP contribution in [-0.2, 0) is 11.2 Å². The lowest BCUT2D eigenvalue weighted by Crippen LogP contribution is -2.14. The fourth-order valence-electron chi connectivity index (χ4n) is 2.26. The number of nitrogens with one attached hydrogen (secondary N) is 1. The molecule has 0 heterocycles. The molecule has 0 aromatic heterocycles. The Kier molecular flexibility index (Phi) is 4.38. The summed E-state index contributed by atoms with van der Waals surface area (Å²) in [7, 11) is 0. The molecule has 108 valence electrons. The number of carbonyl (C=O) groups excluding carboxylic acids is 1. The highest BCUT2D eigenvalue weighted by Gasteiger charge is 2.11. The minimum atomic E-state index is -0.928. The molecule has 0 radical (unpaired) electrons. The van der Waals surface area contributed by atoms with Crippen molar-refractivity contribution in [3.05, 3.63) is 64.7 Å². The summed E-state index contributed by atoms with van der Waals surface area (Å²) in [5, 5.41) is 11.7. The van der Waals surface area contributed by atoms with E-state index >= 15 is 0 Å². The molecule has 2 aromatic rings. The van der Waals surface area contributed by atoms with Gasteiger partial charge in [0.1, 0.15) is 0 Å². The van der Waals surface area contributed by atoms with Gasteiger partial charge in [-0.25, -0.2) is 0 Å². The van der Waals surface area contributed by atoms with Crippen LogP contribution in [0.2, 0.25) is 0 Å². The summed E-state index contributed by atoms with van der Waals surface area (Å²) in [5.74, 6) is -1.16. The first-order chi connectivity index (χ1) is 9.95. The Morgan fingerprint density at radius 2 is 1.67 bits per heavy atom. The topological polar surface area (TPSA) is 66.4 Å². The first-order valence-corrected chi connectivity index (χ1v) is 6.65. The molecule has 0 spiro atoms. The number of hydrogen-bond acceptors (Lipinski definition) is 2. The number of benzene rings is 2. The van der Waals surface area contributed by atoms with E-state index in [1.165, 1.54) is 0 Å². The quantitative estimate of drug-likeness (QED) is 0.905. The third kappa shape index (κ3) is 3.92. The molecular formula is C17H17NO3. The second-order valence-corrected chi connectivity index (χ2v) is 5.06. The van der Waals surface area contributed by atoms with Crippen LogP contribution < -0.4 is 5.32 Å². The number of carboxylic acids is 1. The predicted molar refractivity (Wildman–Crippen MR) is 81.7 cm³/mol. The molecule has 0 fully saturated rings. The fraction of sp³-hybridized carbons (Fsp3) is 0.176. The van der Waals surface area contributed by atoms with Crippen molar-refractivity contribution in [1.82, 2.24) is 0 Å². The second-order valence-electron chi connectivity index (χ2n) is 5.06. The van der Waals surface area contributed by atoms with Crippen molar-refractivity contribution in [3.63, 3.8) is 0 Å². The van der Waals surface area contributed by atoms with Crippen molar-refractivity contribution in [2.24, 2.45) is 0 Å². The highest BCUT2D eigenvalue weighted by Crippen LogP contribution is 2.18. The molecule has 0 aliphatic rings. The number of aliphatic carboxylic acids is 1. The maximum Gasteiger partial charge on any atom is 0.307 e. The van der Waals surface area contributed by atoms with Crippen molar-refractivity contribution in [2.45, 2.75) is 20.3 Å². The van der Waals surface area contributed by atoms with Gasteiger partial charge in [0.05, 0.1) is 6.42 Å². The van der Waals surface area contributed by atoms with E-state index in [0.717, 1.165) is 11.1 Å². The summed E-state index contributed by atoms with van der Waals surface area (Å²) in [5.41, 5.74) is 3.71. The first-order valence-electron chi connectivity index (χ1n) is 6.65. The molecular weight excluding hydrogens is 266 g/mol. The van der Waals surface area contributed by atoms with E-state index < -0.39 is 5.97 Å². The average Bonchev–Trinajstić information content (AvgIpc) is 2.39. The van der Waals surface area contributed by atoms with Gasteiger partial charge in [0, 0.05) is 11.3 Å². The van der Waals surface area contributed by atoms with E-state index in [2.05, 4.69) is 5.32 Å². The number of rotatable bonds is 4. The third-order valence-corrected chi connectivity index (χ3v) is 3.09. The summed E-state index contributed by atoms with van der Waals surface area (Å²) >= 11 is 0. The maximum atomic E-state index is 12.3. The number of carboxylic acid groups (broad SMARTS) is 1. The Morgan fingerprint density at radius 1 is 1.05 bits per heavy atom. The van der Waals surface area contributed by atoms with E-state index in [-0.39, 0.29) is 12.3 Å². The van der Waals surface area contributed by atoms with Crippen LogP contribution in [0.25, 0.3) is 0 Å². The molecule has 2 aromatic carbocycles. The smallest absolute Gasteiger partial charge is 0.307 e. The largest absolute Gasteiger partial charge is 0.481 e. The van der Waals surface area contributed by atoms with Gasteiger partial charge in [-0.3, -0.25) is 9.59 Å². The Hall–Kier alpha value is -2.62. The highest BCUT2D eigenvalue weighted by atomic mass is 16.4. The summed E-state index contributed by atoms with van der Waals surface area (Å²) < 4.78 is 0. The van der Waals surface area contributed by atoms with E-state index in [0.29, 0.717) is 16.8 Å². The zero-order valence-electron chi connectivity index (χ0n) is 12.0. The van der Waals surface area contributed by atoms with E-state index in [9.17, 15) is 9.59 Å². The van der Waals surface area contributed by atoms with Crippen LogP contribution in [0.15, 0.2) is 42.5 Å². The van der Waals surface area contributed by atoms with Crippen LogP contribution in [0, 0.1) is 13.8 Å². The van der Waals surface area contributed by atoms with Crippen molar-refractivity contribution >= 4 is 17.6 Å². The van der Waals surface area contributed by atoms with Crippen LogP contribution in [0.5, 0.6) is 0 Å². The molecule has 0 saturated heterocycles. The Balaban J connectivity index is 2.25. The summed E-state index contributed by atoms with van der Waals surface area (Å²) in [6, 6.07) is 12.5. The molecule has 0 aliphatic carbocycles. The van der Waals surface area contributed by atoms with Crippen molar-refractivity contribution in [2.75, 3.05) is 5.32 Å². The number of carbonyl (C=O) groups is 2. The van der Waals surface area contributed by atoms with Gasteiger partial charge in [-0.2, -0.15) is 0 Å². The average molecular weight is 283 g/mol. The Labute approximate surface area is 123 Å².